The lowest BCUT2D eigenvalue weighted by atomic mass is 10.1. The van der Waals surface area contributed by atoms with Crippen molar-refractivity contribution in [2.75, 3.05) is 21.6 Å². The number of aromatic nitrogens is 3. The van der Waals surface area contributed by atoms with Crippen molar-refractivity contribution in [2.24, 2.45) is 7.05 Å². The van der Waals surface area contributed by atoms with E-state index in [-0.39, 0.29) is 18.2 Å². The molecule has 0 aliphatic rings. The second-order valence-corrected chi connectivity index (χ2v) is 10.6. The fraction of sp³-hybridized carbons (Fsp3) is 0.318. The standard InChI is InChI=1S/C22H27N5O3S2/c1-15-6-8-19(9-7-15)27(32(5,29)30)13-20-24-25-22(26(20)4)31-14-21(28)23-18-11-16(2)10-17(3)12-18/h6-12H,13-14H2,1-5H3,(H,23,28). The molecule has 1 N–H and O–H groups in total. The molecule has 0 aliphatic carbocycles. The van der Waals surface area contributed by atoms with Gasteiger partial charge in [-0.3, -0.25) is 9.10 Å². The van der Waals surface area contributed by atoms with Crippen molar-refractivity contribution in [3.8, 4) is 0 Å². The summed E-state index contributed by atoms with van der Waals surface area (Å²) in [6.07, 6.45) is 1.16. The molecule has 2 aromatic carbocycles. The number of aryl methyl sites for hydroxylation is 3. The SMILES string of the molecule is Cc1ccc(N(Cc2nnc(SCC(=O)Nc3cc(C)cc(C)c3)n2C)S(C)(=O)=O)cc1. The first-order chi connectivity index (χ1) is 15.0. The van der Waals surface area contributed by atoms with Crippen molar-refractivity contribution in [1.29, 1.82) is 0 Å². The molecule has 170 valence electrons. The van der Waals surface area contributed by atoms with E-state index in [0.29, 0.717) is 16.7 Å². The first-order valence-corrected chi connectivity index (χ1v) is 12.8. The van der Waals surface area contributed by atoms with Crippen LogP contribution >= 0.6 is 11.8 Å². The van der Waals surface area contributed by atoms with E-state index in [1.54, 1.807) is 23.7 Å². The first-order valence-electron chi connectivity index (χ1n) is 9.96. The number of amides is 1. The maximum absolute atomic E-state index is 12.4. The number of hydrogen-bond donors (Lipinski definition) is 1. The summed E-state index contributed by atoms with van der Waals surface area (Å²) in [4.78, 5) is 12.4. The summed E-state index contributed by atoms with van der Waals surface area (Å²) in [6, 6.07) is 13.1. The van der Waals surface area contributed by atoms with Crippen LogP contribution in [0.2, 0.25) is 0 Å². The fourth-order valence-electron chi connectivity index (χ4n) is 3.22. The minimum Gasteiger partial charge on any atom is -0.325 e. The molecule has 0 spiro atoms. The third-order valence-corrected chi connectivity index (χ3v) is 6.93. The van der Waals surface area contributed by atoms with Crippen LogP contribution in [0.3, 0.4) is 0 Å². The summed E-state index contributed by atoms with van der Waals surface area (Å²) in [5.41, 5.74) is 4.51. The molecule has 0 atom stereocenters. The van der Waals surface area contributed by atoms with Crippen LogP contribution in [0.4, 0.5) is 11.4 Å². The molecule has 0 bridgehead atoms. The Hall–Kier alpha value is -2.85. The Morgan fingerprint density at radius 2 is 1.66 bits per heavy atom. The molecule has 10 heteroatoms. The highest BCUT2D eigenvalue weighted by Crippen LogP contribution is 2.23. The van der Waals surface area contributed by atoms with E-state index in [1.165, 1.54) is 16.1 Å². The quantitative estimate of drug-likeness (QED) is 0.504. The average molecular weight is 474 g/mol. The second kappa shape index (κ2) is 9.74. The Morgan fingerprint density at radius 3 is 2.25 bits per heavy atom. The minimum absolute atomic E-state index is 0.0424. The van der Waals surface area contributed by atoms with E-state index >= 15 is 0 Å². The number of carbonyl (C=O) groups is 1. The first kappa shape index (κ1) is 23.8. The van der Waals surface area contributed by atoms with Crippen LogP contribution in [0.1, 0.15) is 22.5 Å². The Bertz CT molecular complexity index is 1200. The van der Waals surface area contributed by atoms with Gasteiger partial charge in [0.05, 0.1) is 24.2 Å². The average Bonchev–Trinajstić information content (AvgIpc) is 3.03. The molecule has 1 amide bonds. The van der Waals surface area contributed by atoms with Crippen molar-refractivity contribution < 1.29 is 13.2 Å². The third-order valence-electron chi connectivity index (χ3n) is 4.77. The highest BCUT2D eigenvalue weighted by Gasteiger charge is 2.21. The summed E-state index contributed by atoms with van der Waals surface area (Å²) in [6.45, 7) is 5.95. The predicted molar refractivity (Wildman–Crippen MR) is 128 cm³/mol. The maximum Gasteiger partial charge on any atom is 0.234 e. The molecule has 8 nitrogen and oxygen atoms in total. The zero-order chi connectivity index (χ0) is 23.5. The van der Waals surface area contributed by atoms with Gasteiger partial charge in [0.1, 0.15) is 0 Å². The molecule has 0 saturated carbocycles. The van der Waals surface area contributed by atoms with Gasteiger partial charge in [-0.25, -0.2) is 8.42 Å². The number of sulfonamides is 1. The zero-order valence-corrected chi connectivity index (χ0v) is 20.4. The molecule has 1 heterocycles. The Kier molecular flexibility index (Phi) is 7.25. The van der Waals surface area contributed by atoms with Gasteiger partial charge in [0.2, 0.25) is 15.9 Å². The topological polar surface area (TPSA) is 97.2 Å². The number of thioether (sulfide) groups is 1. The molecule has 0 saturated heterocycles. The van der Waals surface area contributed by atoms with Crippen LogP contribution < -0.4 is 9.62 Å². The van der Waals surface area contributed by atoms with E-state index in [4.69, 9.17) is 0 Å². The van der Waals surface area contributed by atoms with Gasteiger partial charge < -0.3 is 9.88 Å². The Labute approximate surface area is 193 Å². The van der Waals surface area contributed by atoms with Crippen molar-refractivity contribution >= 4 is 39.1 Å². The van der Waals surface area contributed by atoms with Gasteiger partial charge in [-0.1, -0.05) is 35.5 Å². The normalized spacial score (nSPS) is 11.4. The van der Waals surface area contributed by atoms with Gasteiger partial charge in [-0.2, -0.15) is 0 Å². The van der Waals surface area contributed by atoms with Crippen LogP contribution in [0, 0.1) is 20.8 Å². The van der Waals surface area contributed by atoms with Crippen molar-refractivity contribution in [3.05, 3.63) is 65.0 Å². The van der Waals surface area contributed by atoms with Gasteiger partial charge in [0.25, 0.3) is 0 Å². The molecule has 0 unspecified atom stereocenters. The molecule has 3 aromatic rings. The van der Waals surface area contributed by atoms with Crippen LogP contribution in [0.5, 0.6) is 0 Å². The molecule has 0 fully saturated rings. The molecular weight excluding hydrogens is 446 g/mol. The van der Waals surface area contributed by atoms with Gasteiger partial charge in [-0.15, -0.1) is 10.2 Å². The zero-order valence-electron chi connectivity index (χ0n) is 18.8. The molecule has 3 rings (SSSR count). The van der Waals surface area contributed by atoms with Crippen molar-refractivity contribution in [1.82, 2.24) is 14.8 Å². The van der Waals surface area contributed by atoms with E-state index in [9.17, 15) is 13.2 Å². The lowest BCUT2D eigenvalue weighted by Crippen LogP contribution is -2.30. The van der Waals surface area contributed by atoms with Crippen LogP contribution in [0.25, 0.3) is 0 Å². The number of rotatable bonds is 8. The van der Waals surface area contributed by atoms with E-state index in [1.807, 2.05) is 51.1 Å². The van der Waals surface area contributed by atoms with E-state index in [0.717, 1.165) is 28.6 Å². The van der Waals surface area contributed by atoms with Gasteiger partial charge in [-0.05, 0) is 56.2 Å². The van der Waals surface area contributed by atoms with Crippen molar-refractivity contribution in [3.63, 3.8) is 0 Å². The smallest absolute Gasteiger partial charge is 0.234 e. The lowest BCUT2D eigenvalue weighted by molar-refractivity contribution is -0.113. The van der Waals surface area contributed by atoms with Crippen molar-refractivity contribution in [2.45, 2.75) is 32.5 Å². The molecular formula is C22H27N5O3S2. The third kappa shape index (κ3) is 6.10. The van der Waals surface area contributed by atoms with Gasteiger partial charge in [0, 0.05) is 12.7 Å². The predicted octanol–water partition coefficient (Wildman–Crippen LogP) is 3.44. The summed E-state index contributed by atoms with van der Waals surface area (Å²) >= 11 is 1.25. The van der Waals surface area contributed by atoms with E-state index in [2.05, 4.69) is 15.5 Å². The summed E-state index contributed by atoms with van der Waals surface area (Å²) < 4.78 is 27.8. The fourth-order valence-corrected chi connectivity index (χ4v) is 4.81. The summed E-state index contributed by atoms with van der Waals surface area (Å²) in [5, 5.41) is 11.7. The number of anilines is 2. The van der Waals surface area contributed by atoms with Crippen LogP contribution in [0.15, 0.2) is 47.6 Å². The van der Waals surface area contributed by atoms with Crippen LogP contribution in [-0.2, 0) is 28.4 Å². The molecule has 32 heavy (non-hydrogen) atoms. The highest BCUT2D eigenvalue weighted by molar-refractivity contribution is 7.99. The molecule has 1 aromatic heterocycles. The lowest BCUT2D eigenvalue weighted by Gasteiger charge is -2.22. The number of carbonyl (C=O) groups excluding carboxylic acids is 1. The second-order valence-electron chi connectivity index (χ2n) is 7.78. The molecule has 0 radical (unpaired) electrons. The maximum atomic E-state index is 12.4. The highest BCUT2D eigenvalue weighted by atomic mass is 32.2. The van der Waals surface area contributed by atoms with Crippen LogP contribution in [-0.4, -0.2) is 41.1 Å². The number of nitrogens with one attached hydrogen (secondary N) is 1. The number of benzene rings is 2. The van der Waals surface area contributed by atoms with E-state index < -0.39 is 10.0 Å². The monoisotopic (exact) mass is 473 g/mol. The largest absolute Gasteiger partial charge is 0.325 e. The van der Waals surface area contributed by atoms with Gasteiger partial charge >= 0.3 is 0 Å². The number of hydrogen-bond acceptors (Lipinski definition) is 6. The Balaban J connectivity index is 1.68. The van der Waals surface area contributed by atoms with Gasteiger partial charge in [0.15, 0.2) is 11.0 Å². The summed E-state index contributed by atoms with van der Waals surface area (Å²) in [7, 11) is -1.76. The number of nitrogens with zero attached hydrogens (tertiary/aromatic N) is 4. The minimum atomic E-state index is -3.52. The summed E-state index contributed by atoms with van der Waals surface area (Å²) in [5.74, 6) is 0.488. The molecule has 0 aliphatic heterocycles. The Morgan fingerprint density at radius 1 is 1.03 bits per heavy atom.